The third kappa shape index (κ3) is 4.41. The van der Waals surface area contributed by atoms with E-state index >= 15 is 0 Å². The fourth-order valence-corrected chi connectivity index (χ4v) is 2.94. The molecule has 2 heterocycles. The fourth-order valence-electron chi connectivity index (χ4n) is 2.94. The number of hydrogen-bond donors (Lipinski definition) is 1. The van der Waals surface area contributed by atoms with Crippen molar-refractivity contribution in [2.45, 2.75) is 32.1 Å². The van der Waals surface area contributed by atoms with Gasteiger partial charge in [-0.05, 0) is 30.9 Å². The number of benzene rings is 1. The van der Waals surface area contributed by atoms with E-state index in [0.717, 1.165) is 30.3 Å². The van der Waals surface area contributed by atoms with Crippen LogP contribution < -0.4 is 10.2 Å². The van der Waals surface area contributed by atoms with Crippen LogP contribution in [0.2, 0.25) is 0 Å². The lowest BCUT2D eigenvalue weighted by Crippen LogP contribution is -2.25. The highest BCUT2D eigenvalue weighted by Crippen LogP contribution is 2.19. The van der Waals surface area contributed by atoms with Crippen molar-refractivity contribution in [1.82, 2.24) is 9.97 Å². The average molecular weight is 314 g/mol. The van der Waals surface area contributed by atoms with Crippen molar-refractivity contribution in [3.8, 4) is 0 Å². The third-order valence-electron chi connectivity index (χ3n) is 4.24. The summed E-state index contributed by atoms with van der Waals surface area (Å²) >= 11 is 0. The van der Waals surface area contributed by atoms with Gasteiger partial charge in [0.25, 0.3) is 0 Å². The molecule has 1 aromatic heterocycles. The molecular formula is C18H23FN4. The van der Waals surface area contributed by atoms with Crippen molar-refractivity contribution >= 4 is 11.6 Å². The van der Waals surface area contributed by atoms with E-state index in [2.05, 4.69) is 20.2 Å². The van der Waals surface area contributed by atoms with Gasteiger partial charge in [0.15, 0.2) is 0 Å². The first-order chi connectivity index (χ1) is 11.3. The van der Waals surface area contributed by atoms with Crippen LogP contribution in [0, 0.1) is 5.82 Å². The summed E-state index contributed by atoms with van der Waals surface area (Å²) < 4.78 is 13.6. The van der Waals surface area contributed by atoms with Crippen LogP contribution in [0.15, 0.2) is 36.7 Å². The molecule has 0 unspecified atom stereocenters. The number of aromatic nitrogens is 2. The van der Waals surface area contributed by atoms with Gasteiger partial charge in [-0.15, -0.1) is 0 Å². The molecule has 1 aromatic carbocycles. The Bertz CT molecular complexity index is 624. The van der Waals surface area contributed by atoms with E-state index in [4.69, 9.17) is 0 Å². The summed E-state index contributed by atoms with van der Waals surface area (Å²) in [6, 6.07) is 8.88. The summed E-state index contributed by atoms with van der Waals surface area (Å²) in [6.07, 6.45) is 7.28. The first-order valence-corrected chi connectivity index (χ1v) is 8.37. The zero-order valence-corrected chi connectivity index (χ0v) is 13.3. The van der Waals surface area contributed by atoms with Gasteiger partial charge >= 0.3 is 0 Å². The number of rotatable bonds is 5. The second-order valence-electron chi connectivity index (χ2n) is 5.93. The molecule has 4 nitrogen and oxygen atoms in total. The van der Waals surface area contributed by atoms with Crippen molar-refractivity contribution < 1.29 is 4.39 Å². The Morgan fingerprint density at radius 3 is 2.61 bits per heavy atom. The summed E-state index contributed by atoms with van der Waals surface area (Å²) in [4.78, 5) is 11.0. The van der Waals surface area contributed by atoms with Gasteiger partial charge in [-0.1, -0.05) is 31.0 Å². The molecule has 1 fully saturated rings. The van der Waals surface area contributed by atoms with Crippen LogP contribution in [0.3, 0.4) is 0 Å². The minimum absolute atomic E-state index is 0.151. The Hall–Kier alpha value is -2.17. The molecule has 5 heteroatoms. The topological polar surface area (TPSA) is 41.0 Å². The summed E-state index contributed by atoms with van der Waals surface area (Å²) in [5.74, 6) is 1.63. The van der Waals surface area contributed by atoms with Crippen LogP contribution in [0.25, 0.3) is 0 Å². The second-order valence-corrected chi connectivity index (χ2v) is 5.93. The molecule has 23 heavy (non-hydrogen) atoms. The molecule has 1 N–H and O–H groups in total. The van der Waals surface area contributed by atoms with Gasteiger partial charge in [-0.25, -0.2) is 14.4 Å². The summed E-state index contributed by atoms with van der Waals surface area (Å²) in [5, 5.41) is 3.27. The molecule has 0 aliphatic carbocycles. The van der Waals surface area contributed by atoms with Crippen molar-refractivity contribution in [2.24, 2.45) is 0 Å². The molecule has 0 bridgehead atoms. The molecular weight excluding hydrogens is 291 g/mol. The number of nitrogens with zero attached hydrogens (tertiary/aromatic N) is 3. The van der Waals surface area contributed by atoms with Crippen LogP contribution in [0.4, 0.5) is 16.0 Å². The maximum atomic E-state index is 13.6. The van der Waals surface area contributed by atoms with E-state index < -0.39 is 0 Å². The monoisotopic (exact) mass is 314 g/mol. The van der Waals surface area contributed by atoms with Crippen LogP contribution in [-0.2, 0) is 6.42 Å². The van der Waals surface area contributed by atoms with E-state index in [1.165, 1.54) is 31.7 Å². The summed E-state index contributed by atoms with van der Waals surface area (Å²) in [6.45, 7) is 2.77. The Morgan fingerprint density at radius 1 is 1.04 bits per heavy atom. The molecule has 1 saturated heterocycles. The zero-order valence-electron chi connectivity index (χ0n) is 13.3. The number of anilines is 2. The molecule has 0 radical (unpaired) electrons. The average Bonchev–Trinajstić information content (AvgIpc) is 2.86. The van der Waals surface area contributed by atoms with Crippen LogP contribution in [-0.4, -0.2) is 29.6 Å². The number of halogens is 1. The smallest absolute Gasteiger partial charge is 0.134 e. The maximum absolute atomic E-state index is 13.6. The van der Waals surface area contributed by atoms with Gasteiger partial charge in [0, 0.05) is 25.7 Å². The predicted molar refractivity (Wildman–Crippen MR) is 91.3 cm³/mol. The molecule has 2 aromatic rings. The Balaban J connectivity index is 1.58. The lowest BCUT2D eigenvalue weighted by atomic mass is 10.1. The minimum atomic E-state index is -0.151. The molecule has 0 saturated carbocycles. The lowest BCUT2D eigenvalue weighted by Gasteiger charge is -2.21. The molecule has 1 aliphatic rings. The first-order valence-electron chi connectivity index (χ1n) is 8.37. The highest BCUT2D eigenvalue weighted by Gasteiger charge is 2.11. The second kappa shape index (κ2) is 7.90. The third-order valence-corrected chi connectivity index (χ3v) is 4.24. The van der Waals surface area contributed by atoms with Crippen LogP contribution >= 0.6 is 0 Å². The van der Waals surface area contributed by atoms with Gasteiger partial charge < -0.3 is 10.2 Å². The summed E-state index contributed by atoms with van der Waals surface area (Å²) in [7, 11) is 0. The standard InChI is InChI=1S/C18H23FN4/c19-16-8-4-3-7-15(16)9-10-20-17-13-18(22-14-21-17)23-11-5-1-2-6-12-23/h3-4,7-8,13-14H,1-2,5-6,9-12H2,(H,20,21,22). The van der Waals surface area contributed by atoms with Gasteiger partial charge in [0.2, 0.25) is 0 Å². The highest BCUT2D eigenvalue weighted by atomic mass is 19.1. The molecule has 3 rings (SSSR count). The van der Waals surface area contributed by atoms with Crippen LogP contribution in [0.1, 0.15) is 31.2 Å². The highest BCUT2D eigenvalue weighted by molar-refractivity contribution is 5.48. The van der Waals surface area contributed by atoms with E-state index in [9.17, 15) is 4.39 Å². The zero-order chi connectivity index (χ0) is 15.9. The maximum Gasteiger partial charge on any atom is 0.134 e. The largest absolute Gasteiger partial charge is 0.370 e. The predicted octanol–water partition coefficient (Wildman–Crippen LogP) is 3.65. The molecule has 0 atom stereocenters. The molecule has 0 spiro atoms. The van der Waals surface area contributed by atoms with Gasteiger partial charge in [-0.2, -0.15) is 0 Å². The van der Waals surface area contributed by atoms with Crippen LogP contribution in [0.5, 0.6) is 0 Å². The van der Waals surface area contributed by atoms with Crippen molar-refractivity contribution in [1.29, 1.82) is 0 Å². The van der Waals surface area contributed by atoms with E-state index in [1.54, 1.807) is 12.4 Å². The minimum Gasteiger partial charge on any atom is -0.370 e. The Labute approximate surface area is 136 Å². The SMILES string of the molecule is Fc1ccccc1CCNc1cc(N2CCCCCC2)ncn1. The summed E-state index contributed by atoms with van der Waals surface area (Å²) in [5.41, 5.74) is 0.724. The Morgan fingerprint density at radius 2 is 1.83 bits per heavy atom. The van der Waals surface area contributed by atoms with Crippen molar-refractivity contribution in [2.75, 3.05) is 29.9 Å². The lowest BCUT2D eigenvalue weighted by molar-refractivity contribution is 0.610. The van der Waals surface area contributed by atoms with E-state index in [0.29, 0.717) is 13.0 Å². The number of nitrogens with one attached hydrogen (secondary N) is 1. The first kappa shape index (κ1) is 15.7. The van der Waals surface area contributed by atoms with Gasteiger partial charge in [-0.3, -0.25) is 0 Å². The molecule has 0 amide bonds. The van der Waals surface area contributed by atoms with Crippen molar-refractivity contribution in [3.63, 3.8) is 0 Å². The quantitative estimate of drug-likeness (QED) is 0.914. The van der Waals surface area contributed by atoms with E-state index in [1.807, 2.05) is 18.2 Å². The normalized spacial score (nSPS) is 15.3. The fraction of sp³-hybridized carbons (Fsp3) is 0.444. The molecule has 1 aliphatic heterocycles. The molecule has 122 valence electrons. The van der Waals surface area contributed by atoms with E-state index in [-0.39, 0.29) is 5.82 Å². The van der Waals surface area contributed by atoms with Gasteiger partial charge in [0.1, 0.15) is 23.8 Å². The van der Waals surface area contributed by atoms with Crippen molar-refractivity contribution in [3.05, 3.63) is 48.0 Å². The van der Waals surface area contributed by atoms with Gasteiger partial charge in [0.05, 0.1) is 0 Å². The number of hydrogen-bond acceptors (Lipinski definition) is 4. The Kier molecular flexibility index (Phi) is 5.40.